The van der Waals surface area contributed by atoms with Crippen molar-refractivity contribution in [1.29, 1.82) is 0 Å². The van der Waals surface area contributed by atoms with Crippen molar-refractivity contribution < 1.29 is 4.74 Å². The van der Waals surface area contributed by atoms with Crippen molar-refractivity contribution in [3.05, 3.63) is 11.3 Å². The molecule has 0 heterocycles. The van der Waals surface area contributed by atoms with Gasteiger partial charge in [0, 0.05) is 6.42 Å². The number of allylic oxidation sites excluding steroid dienone is 2. The second-order valence-electron chi connectivity index (χ2n) is 3.26. The first-order chi connectivity index (χ1) is 4.74. The summed E-state index contributed by atoms with van der Waals surface area (Å²) in [5.41, 5.74) is 1.45. The minimum Gasteiger partial charge on any atom is -0.501 e. The van der Waals surface area contributed by atoms with E-state index < -0.39 is 0 Å². The van der Waals surface area contributed by atoms with Crippen LogP contribution in [-0.2, 0) is 4.74 Å². The molecule has 0 amide bonds. The Kier molecular flexibility index (Phi) is 2.36. The second-order valence-corrected chi connectivity index (χ2v) is 3.26. The first kappa shape index (κ1) is 7.64. The molecular weight excluding hydrogens is 124 g/mol. The van der Waals surface area contributed by atoms with Crippen LogP contribution in [0.15, 0.2) is 11.3 Å². The molecule has 1 heteroatoms. The Labute approximate surface area is 63.1 Å². The highest BCUT2D eigenvalue weighted by molar-refractivity contribution is 5.09. The third-order valence-electron chi connectivity index (χ3n) is 2.24. The molecule has 0 aliphatic heterocycles. The van der Waals surface area contributed by atoms with Gasteiger partial charge >= 0.3 is 0 Å². The van der Waals surface area contributed by atoms with E-state index in [0.717, 1.165) is 12.3 Å². The maximum Gasteiger partial charge on any atom is 0.0944 e. The molecule has 1 nitrogen and oxygen atoms in total. The van der Waals surface area contributed by atoms with Gasteiger partial charge in [-0.25, -0.2) is 0 Å². The summed E-state index contributed by atoms with van der Waals surface area (Å²) in [6, 6.07) is 0. The van der Waals surface area contributed by atoms with Gasteiger partial charge in [0.15, 0.2) is 0 Å². The zero-order valence-electron chi connectivity index (χ0n) is 7.11. The molecular formula is C9H16O. The van der Waals surface area contributed by atoms with Crippen molar-refractivity contribution >= 4 is 0 Å². The molecule has 0 bridgehead atoms. The molecule has 0 spiro atoms. The smallest absolute Gasteiger partial charge is 0.0944 e. The molecule has 0 aromatic rings. The van der Waals surface area contributed by atoms with Crippen molar-refractivity contribution in [2.24, 2.45) is 5.92 Å². The lowest BCUT2D eigenvalue weighted by Gasteiger charge is -2.21. The number of hydrogen-bond acceptors (Lipinski definition) is 1. The van der Waals surface area contributed by atoms with Crippen LogP contribution in [0.25, 0.3) is 0 Å². The summed E-state index contributed by atoms with van der Waals surface area (Å²) in [7, 11) is 1.77. The fourth-order valence-electron chi connectivity index (χ4n) is 1.61. The minimum absolute atomic E-state index is 0.860. The van der Waals surface area contributed by atoms with Crippen LogP contribution in [0, 0.1) is 5.92 Å². The monoisotopic (exact) mass is 140 g/mol. The Morgan fingerprint density at radius 1 is 1.50 bits per heavy atom. The molecule has 0 saturated carbocycles. The fourth-order valence-corrected chi connectivity index (χ4v) is 1.61. The number of ether oxygens (including phenoxy) is 1. The third-order valence-corrected chi connectivity index (χ3v) is 2.24. The van der Waals surface area contributed by atoms with Gasteiger partial charge in [-0.3, -0.25) is 0 Å². The molecule has 0 unspecified atom stereocenters. The highest BCUT2D eigenvalue weighted by Gasteiger charge is 2.14. The van der Waals surface area contributed by atoms with Crippen molar-refractivity contribution in [2.75, 3.05) is 7.11 Å². The molecule has 1 aliphatic rings. The molecule has 0 saturated heterocycles. The van der Waals surface area contributed by atoms with E-state index in [-0.39, 0.29) is 0 Å². The van der Waals surface area contributed by atoms with Gasteiger partial charge < -0.3 is 4.74 Å². The molecule has 0 aromatic carbocycles. The molecule has 0 radical (unpaired) electrons. The van der Waals surface area contributed by atoms with Crippen LogP contribution in [0.4, 0.5) is 0 Å². The van der Waals surface area contributed by atoms with E-state index in [4.69, 9.17) is 4.74 Å². The van der Waals surface area contributed by atoms with Gasteiger partial charge in [0.2, 0.25) is 0 Å². The van der Waals surface area contributed by atoms with Gasteiger partial charge in [-0.2, -0.15) is 0 Å². The van der Waals surface area contributed by atoms with Gasteiger partial charge in [-0.05, 0) is 31.3 Å². The molecule has 0 aromatic heterocycles. The molecule has 1 aliphatic carbocycles. The van der Waals surface area contributed by atoms with Crippen LogP contribution < -0.4 is 0 Å². The second kappa shape index (κ2) is 3.09. The SMILES string of the molecule is COC1=C(C)C[C@@H](C)CC1. The van der Waals surface area contributed by atoms with Crippen molar-refractivity contribution in [3.8, 4) is 0 Å². The van der Waals surface area contributed by atoms with Gasteiger partial charge in [0.05, 0.1) is 12.9 Å². The van der Waals surface area contributed by atoms with Crippen LogP contribution in [0.2, 0.25) is 0 Å². The lowest BCUT2D eigenvalue weighted by atomic mass is 9.90. The van der Waals surface area contributed by atoms with Crippen LogP contribution in [0.1, 0.15) is 33.1 Å². The first-order valence-electron chi connectivity index (χ1n) is 3.96. The lowest BCUT2D eigenvalue weighted by Crippen LogP contribution is -2.06. The average Bonchev–Trinajstić information content (AvgIpc) is 1.88. The Bertz CT molecular complexity index is 147. The van der Waals surface area contributed by atoms with Crippen molar-refractivity contribution in [1.82, 2.24) is 0 Å². The molecule has 0 fully saturated rings. The highest BCUT2D eigenvalue weighted by atomic mass is 16.5. The van der Waals surface area contributed by atoms with Gasteiger partial charge in [0.1, 0.15) is 0 Å². The summed E-state index contributed by atoms with van der Waals surface area (Å²) in [5, 5.41) is 0. The summed E-state index contributed by atoms with van der Waals surface area (Å²) in [6.45, 7) is 4.48. The predicted octanol–water partition coefficient (Wildman–Crippen LogP) is 2.73. The van der Waals surface area contributed by atoms with Crippen LogP contribution in [-0.4, -0.2) is 7.11 Å². The largest absolute Gasteiger partial charge is 0.501 e. The summed E-state index contributed by atoms with van der Waals surface area (Å²) < 4.78 is 5.23. The molecule has 0 N–H and O–H groups in total. The zero-order chi connectivity index (χ0) is 7.56. The van der Waals surface area contributed by atoms with Crippen LogP contribution in [0.3, 0.4) is 0 Å². The van der Waals surface area contributed by atoms with E-state index in [9.17, 15) is 0 Å². The van der Waals surface area contributed by atoms with E-state index in [1.54, 1.807) is 7.11 Å². The standard InChI is InChI=1S/C9H16O/c1-7-4-5-9(10-3)8(2)6-7/h7H,4-6H2,1-3H3/t7-/m0/s1. The van der Waals surface area contributed by atoms with Crippen LogP contribution >= 0.6 is 0 Å². The van der Waals surface area contributed by atoms with Gasteiger partial charge in [-0.15, -0.1) is 0 Å². The van der Waals surface area contributed by atoms with Gasteiger partial charge in [-0.1, -0.05) is 6.92 Å². The number of hydrogen-bond donors (Lipinski definition) is 0. The normalized spacial score (nSPS) is 26.9. The Morgan fingerprint density at radius 3 is 2.70 bits per heavy atom. The van der Waals surface area contributed by atoms with E-state index in [0.29, 0.717) is 0 Å². The molecule has 10 heavy (non-hydrogen) atoms. The topological polar surface area (TPSA) is 9.23 Å². The quantitative estimate of drug-likeness (QED) is 0.544. The fraction of sp³-hybridized carbons (Fsp3) is 0.778. The number of rotatable bonds is 1. The van der Waals surface area contributed by atoms with Crippen LogP contribution in [0.5, 0.6) is 0 Å². The van der Waals surface area contributed by atoms with Crippen molar-refractivity contribution in [2.45, 2.75) is 33.1 Å². The summed E-state index contributed by atoms with van der Waals surface area (Å²) in [5.74, 6) is 2.08. The third kappa shape index (κ3) is 1.53. The molecule has 1 rings (SSSR count). The van der Waals surface area contributed by atoms with E-state index >= 15 is 0 Å². The Hall–Kier alpha value is -0.460. The first-order valence-corrected chi connectivity index (χ1v) is 3.96. The van der Waals surface area contributed by atoms with E-state index in [1.807, 2.05) is 0 Å². The minimum atomic E-state index is 0.860. The average molecular weight is 140 g/mol. The summed E-state index contributed by atoms with van der Waals surface area (Å²) in [4.78, 5) is 0. The molecule has 58 valence electrons. The van der Waals surface area contributed by atoms with E-state index in [1.165, 1.54) is 24.2 Å². The van der Waals surface area contributed by atoms with Gasteiger partial charge in [0.25, 0.3) is 0 Å². The van der Waals surface area contributed by atoms with E-state index in [2.05, 4.69) is 13.8 Å². The summed E-state index contributed by atoms with van der Waals surface area (Å²) >= 11 is 0. The molecule has 1 atom stereocenters. The van der Waals surface area contributed by atoms with Crippen molar-refractivity contribution in [3.63, 3.8) is 0 Å². The lowest BCUT2D eigenvalue weighted by molar-refractivity contribution is 0.249. The summed E-state index contributed by atoms with van der Waals surface area (Å²) in [6.07, 6.45) is 3.66. The highest BCUT2D eigenvalue weighted by Crippen LogP contribution is 2.28. The number of methoxy groups -OCH3 is 1. The zero-order valence-corrected chi connectivity index (χ0v) is 7.11. The Morgan fingerprint density at radius 2 is 2.20 bits per heavy atom. The maximum atomic E-state index is 5.23. The maximum absolute atomic E-state index is 5.23. The predicted molar refractivity (Wildman–Crippen MR) is 42.7 cm³/mol. The Balaban J connectivity index is 2.61.